The van der Waals surface area contributed by atoms with Crippen molar-refractivity contribution in [3.05, 3.63) is 72.5 Å². The Labute approximate surface area is 218 Å². The molecule has 1 heterocycles. The number of H-pyrrole nitrogens is 1. The summed E-state index contributed by atoms with van der Waals surface area (Å²) in [6.45, 7) is 12.8. The minimum atomic E-state index is 0. The summed E-state index contributed by atoms with van der Waals surface area (Å²) in [6, 6.07) is 8.08. The van der Waals surface area contributed by atoms with Crippen molar-refractivity contribution in [2.24, 2.45) is 17.8 Å². The molecule has 1 aliphatic carbocycles. The van der Waals surface area contributed by atoms with E-state index in [-0.39, 0.29) is 2.85 Å². The zero-order valence-corrected chi connectivity index (χ0v) is 22.8. The van der Waals surface area contributed by atoms with Gasteiger partial charge in [-0.1, -0.05) is 108 Å². The number of nitrogens with one attached hydrogen (secondary N) is 1. The predicted octanol–water partition coefficient (Wildman–Crippen LogP) is 10.7. The van der Waals surface area contributed by atoms with Crippen LogP contribution in [-0.4, -0.2) is 10.8 Å². The third-order valence-electron chi connectivity index (χ3n) is 7.31. The van der Waals surface area contributed by atoms with Crippen LogP contribution in [0.1, 0.15) is 112 Å². The van der Waals surface area contributed by atoms with E-state index in [2.05, 4.69) is 63.6 Å². The van der Waals surface area contributed by atoms with Gasteiger partial charge in [-0.25, -0.2) is 0 Å². The SMILES string of the molecule is C=C(/C=C\C=C/CCC)CC.CCC[C@@H]1CC[C@H](C)C[C@H](CCC(=O)c2ccc3cc[nH]c3c2)C1.[HH].[HH]. The number of rotatable bonds is 11. The Morgan fingerprint density at radius 3 is 2.63 bits per heavy atom. The highest BCUT2D eigenvalue weighted by Crippen LogP contribution is 2.36. The number of aromatic nitrogens is 1. The lowest BCUT2D eigenvalue weighted by molar-refractivity contribution is 0.0970. The normalized spacial score (nSPS) is 20.6. The van der Waals surface area contributed by atoms with E-state index in [1.165, 1.54) is 62.3 Å². The maximum absolute atomic E-state index is 12.6. The highest BCUT2D eigenvalue weighted by molar-refractivity contribution is 5.99. The topological polar surface area (TPSA) is 32.9 Å². The number of allylic oxidation sites excluding steroid dienone is 5. The van der Waals surface area contributed by atoms with Crippen LogP contribution in [0.4, 0.5) is 0 Å². The molecule has 3 atom stereocenters. The Morgan fingerprint density at radius 2 is 1.89 bits per heavy atom. The van der Waals surface area contributed by atoms with Gasteiger partial charge in [-0.2, -0.15) is 0 Å². The summed E-state index contributed by atoms with van der Waals surface area (Å²) in [5, 5.41) is 1.17. The predicted molar refractivity (Wildman–Crippen MR) is 158 cm³/mol. The van der Waals surface area contributed by atoms with Gasteiger partial charge in [0.15, 0.2) is 5.78 Å². The third-order valence-corrected chi connectivity index (χ3v) is 7.31. The molecule has 1 fully saturated rings. The first-order chi connectivity index (χ1) is 17.0. The van der Waals surface area contributed by atoms with E-state index in [0.29, 0.717) is 12.2 Å². The summed E-state index contributed by atoms with van der Waals surface area (Å²) < 4.78 is 0. The van der Waals surface area contributed by atoms with E-state index in [0.717, 1.165) is 41.7 Å². The van der Waals surface area contributed by atoms with E-state index >= 15 is 0 Å². The molecule has 0 spiro atoms. The van der Waals surface area contributed by atoms with Crippen molar-refractivity contribution >= 4 is 16.7 Å². The standard InChI is InChI=1S/C22H31NO.C11H18.2H2/c1-3-4-17-6-5-16(2)13-18(14-17)7-10-22(24)20-9-8-19-11-12-23-21(19)15-20;1-4-6-7-8-9-10-11(3)5-2;;/h8-9,11-12,15-18,23H,3-7,10,13-14H2,1-2H3;7-10H,3-6H2,1-2H3;2*1H/b;8-7-,10-9-;;/t16-,17+,18-;;;/m0.../s1. The molecule has 0 saturated heterocycles. The van der Waals surface area contributed by atoms with Crippen molar-refractivity contribution in [1.82, 2.24) is 4.98 Å². The zero-order chi connectivity index (χ0) is 25.5. The fraction of sp³-hybridized carbons (Fsp3) is 0.545. The van der Waals surface area contributed by atoms with Crippen LogP contribution in [0.3, 0.4) is 0 Å². The molecule has 35 heavy (non-hydrogen) atoms. The van der Waals surface area contributed by atoms with Gasteiger partial charge < -0.3 is 4.98 Å². The lowest BCUT2D eigenvalue weighted by atomic mass is 9.86. The van der Waals surface area contributed by atoms with Gasteiger partial charge in [-0.05, 0) is 67.4 Å². The number of unbranched alkanes of at least 4 members (excludes halogenated alkanes) is 1. The molecule has 2 aromatic rings. The van der Waals surface area contributed by atoms with Crippen LogP contribution < -0.4 is 0 Å². The second-order valence-corrected chi connectivity index (χ2v) is 10.5. The minimum absolute atomic E-state index is 0. The number of Topliss-reactive ketones (excluding diaryl/α,β-unsaturated/α-hetero) is 1. The van der Waals surface area contributed by atoms with Crippen molar-refractivity contribution in [2.45, 2.75) is 98.3 Å². The van der Waals surface area contributed by atoms with Gasteiger partial charge in [0.2, 0.25) is 0 Å². The molecule has 1 N–H and O–H groups in total. The lowest BCUT2D eigenvalue weighted by Crippen LogP contribution is -2.10. The van der Waals surface area contributed by atoms with Crippen LogP contribution in [0.15, 0.2) is 66.9 Å². The van der Waals surface area contributed by atoms with Gasteiger partial charge in [0.25, 0.3) is 0 Å². The Kier molecular flexibility index (Phi) is 13.5. The first-order valence-electron chi connectivity index (χ1n) is 14.1. The molecular formula is C33H53NO. The highest BCUT2D eigenvalue weighted by Gasteiger charge is 2.24. The van der Waals surface area contributed by atoms with E-state index in [1.54, 1.807) is 0 Å². The zero-order valence-electron chi connectivity index (χ0n) is 22.8. The molecule has 1 saturated carbocycles. The van der Waals surface area contributed by atoms with Gasteiger partial charge in [0.05, 0.1) is 0 Å². The summed E-state index contributed by atoms with van der Waals surface area (Å²) in [5.41, 5.74) is 3.11. The van der Waals surface area contributed by atoms with E-state index in [9.17, 15) is 4.79 Å². The monoisotopic (exact) mass is 479 g/mol. The molecule has 1 aromatic carbocycles. The quantitative estimate of drug-likeness (QED) is 0.194. The Morgan fingerprint density at radius 1 is 1.06 bits per heavy atom. The average molecular weight is 480 g/mol. The highest BCUT2D eigenvalue weighted by atomic mass is 16.1. The van der Waals surface area contributed by atoms with Crippen LogP contribution in [0.2, 0.25) is 0 Å². The molecule has 196 valence electrons. The maximum Gasteiger partial charge on any atom is 0.162 e. The molecule has 3 rings (SSSR count). The first-order valence-corrected chi connectivity index (χ1v) is 14.1. The molecule has 0 unspecified atom stereocenters. The fourth-order valence-electron chi connectivity index (χ4n) is 5.15. The molecule has 0 radical (unpaired) electrons. The molecule has 2 heteroatoms. The van der Waals surface area contributed by atoms with Gasteiger partial charge in [-0.15, -0.1) is 0 Å². The van der Waals surface area contributed by atoms with Crippen molar-refractivity contribution in [1.29, 1.82) is 0 Å². The Balaban J connectivity index is 0.000000858. The van der Waals surface area contributed by atoms with Crippen molar-refractivity contribution in [2.75, 3.05) is 0 Å². The first kappa shape index (κ1) is 28.9. The lowest BCUT2D eigenvalue weighted by Gasteiger charge is -2.20. The number of ketones is 1. The summed E-state index contributed by atoms with van der Waals surface area (Å²) in [4.78, 5) is 15.8. The fourth-order valence-corrected chi connectivity index (χ4v) is 5.15. The summed E-state index contributed by atoms with van der Waals surface area (Å²) >= 11 is 0. The van der Waals surface area contributed by atoms with E-state index in [1.807, 2.05) is 30.5 Å². The number of aromatic amines is 1. The number of hydrogen-bond acceptors (Lipinski definition) is 1. The number of fused-ring (bicyclic) bond motifs is 1. The Hall–Kier alpha value is -2.35. The third kappa shape index (κ3) is 10.8. The Bertz CT molecular complexity index is 958. The maximum atomic E-state index is 12.6. The van der Waals surface area contributed by atoms with Gasteiger partial charge in [-0.3, -0.25) is 4.79 Å². The largest absolute Gasteiger partial charge is 0.361 e. The van der Waals surface area contributed by atoms with Crippen LogP contribution in [0.25, 0.3) is 10.9 Å². The van der Waals surface area contributed by atoms with Crippen molar-refractivity contribution in [3.8, 4) is 0 Å². The minimum Gasteiger partial charge on any atom is -0.361 e. The van der Waals surface area contributed by atoms with Crippen LogP contribution in [0, 0.1) is 17.8 Å². The summed E-state index contributed by atoms with van der Waals surface area (Å²) in [7, 11) is 0. The molecule has 0 bridgehead atoms. The molecule has 1 aliphatic rings. The number of carbonyl (C=O) groups is 1. The second kappa shape index (κ2) is 16.3. The number of carbonyl (C=O) groups excluding carboxylic acids is 1. The van der Waals surface area contributed by atoms with Crippen LogP contribution >= 0.6 is 0 Å². The van der Waals surface area contributed by atoms with Gasteiger partial charge >= 0.3 is 0 Å². The summed E-state index contributed by atoms with van der Waals surface area (Å²) in [5.74, 6) is 2.74. The second-order valence-electron chi connectivity index (χ2n) is 10.5. The summed E-state index contributed by atoms with van der Waals surface area (Å²) in [6.07, 6.45) is 23.6. The van der Waals surface area contributed by atoms with E-state index < -0.39 is 0 Å². The average Bonchev–Trinajstić information content (AvgIpc) is 3.26. The molecule has 0 amide bonds. The van der Waals surface area contributed by atoms with Crippen molar-refractivity contribution in [3.63, 3.8) is 0 Å². The van der Waals surface area contributed by atoms with E-state index in [4.69, 9.17) is 0 Å². The van der Waals surface area contributed by atoms with Crippen LogP contribution in [-0.2, 0) is 0 Å². The van der Waals surface area contributed by atoms with Gasteiger partial charge in [0.1, 0.15) is 0 Å². The molecule has 0 aliphatic heterocycles. The van der Waals surface area contributed by atoms with Crippen LogP contribution in [0.5, 0.6) is 0 Å². The smallest absolute Gasteiger partial charge is 0.162 e. The van der Waals surface area contributed by atoms with Crippen molar-refractivity contribution < 1.29 is 7.65 Å². The number of hydrogen-bond donors (Lipinski definition) is 1. The van der Waals surface area contributed by atoms with Gasteiger partial charge in [0, 0.05) is 26.6 Å². The number of benzene rings is 1. The molecular weight excluding hydrogens is 426 g/mol. The molecule has 2 nitrogen and oxygen atoms in total. The molecule has 1 aromatic heterocycles.